The number of rotatable bonds is 3. The van der Waals surface area contributed by atoms with Gasteiger partial charge in [-0.15, -0.1) is 4.91 Å². The lowest BCUT2D eigenvalue weighted by Gasteiger charge is -2.35. The number of carbonyl (C=O) groups is 1. The van der Waals surface area contributed by atoms with E-state index in [1.165, 1.54) is 5.01 Å². The number of amides is 1. The van der Waals surface area contributed by atoms with Crippen LogP contribution in [0.4, 0.5) is 0 Å². The molecular formula is C19H21N3O2. The first-order valence-corrected chi connectivity index (χ1v) is 8.15. The molecule has 3 rings (SSSR count). The largest absolute Gasteiger partial charge is 0.351 e. The van der Waals surface area contributed by atoms with E-state index >= 15 is 0 Å². The molecular weight excluding hydrogens is 302 g/mol. The second kappa shape index (κ2) is 6.83. The topological polar surface area (TPSA) is 61.8 Å². The van der Waals surface area contributed by atoms with Crippen LogP contribution < -0.4 is 5.32 Å². The maximum absolute atomic E-state index is 12.6. The highest BCUT2D eigenvalue weighted by molar-refractivity contribution is 5.80. The van der Waals surface area contributed by atoms with E-state index in [9.17, 15) is 9.70 Å². The molecule has 0 saturated carbocycles. The molecule has 124 valence electrons. The quantitative estimate of drug-likeness (QED) is 0.878. The zero-order chi connectivity index (χ0) is 17.1. The highest BCUT2D eigenvalue weighted by atomic mass is 16.3. The van der Waals surface area contributed by atoms with Gasteiger partial charge in [-0.05, 0) is 18.1 Å². The fraction of sp³-hybridized carbons (Fsp3) is 0.316. The summed E-state index contributed by atoms with van der Waals surface area (Å²) < 4.78 is 0. The van der Waals surface area contributed by atoms with Gasteiger partial charge in [-0.2, -0.15) is 0 Å². The van der Waals surface area contributed by atoms with Gasteiger partial charge in [0.1, 0.15) is 0 Å². The van der Waals surface area contributed by atoms with Crippen LogP contribution in [0.5, 0.6) is 0 Å². The van der Waals surface area contributed by atoms with Crippen molar-refractivity contribution >= 4 is 5.91 Å². The van der Waals surface area contributed by atoms with Gasteiger partial charge in [0, 0.05) is 0 Å². The van der Waals surface area contributed by atoms with E-state index < -0.39 is 6.04 Å². The molecule has 0 unspecified atom stereocenters. The van der Waals surface area contributed by atoms with Crippen molar-refractivity contribution in [1.29, 1.82) is 0 Å². The maximum atomic E-state index is 12.6. The summed E-state index contributed by atoms with van der Waals surface area (Å²) in [6.07, 6.45) is 0. The SMILES string of the molecule is C[C@@H]1NC(=O)[C@H](C)[C@@H](c2ccccc2)N(N=O)[C@H]1c1ccccc1. The predicted molar refractivity (Wildman–Crippen MR) is 92.8 cm³/mol. The van der Waals surface area contributed by atoms with E-state index in [4.69, 9.17) is 0 Å². The minimum atomic E-state index is -0.404. The van der Waals surface area contributed by atoms with E-state index in [0.717, 1.165) is 11.1 Å². The summed E-state index contributed by atoms with van der Waals surface area (Å²) >= 11 is 0. The first-order chi connectivity index (χ1) is 11.6. The lowest BCUT2D eigenvalue weighted by Crippen LogP contribution is -2.39. The minimum Gasteiger partial charge on any atom is -0.351 e. The van der Waals surface area contributed by atoms with Crippen molar-refractivity contribution in [1.82, 2.24) is 10.3 Å². The van der Waals surface area contributed by atoms with Crippen LogP contribution >= 0.6 is 0 Å². The van der Waals surface area contributed by atoms with Gasteiger partial charge in [0.05, 0.1) is 29.3 Å². The summed E-state index contributed by atoms with van der Waals surface area (Å²) in [5, 5.41) is 7.91. The number of nitrogens with zero attached hydrogens (tertiary/aromatic N) is 2. The summed E-state index contributed by atoms with van der Waals surface area (Å²) in [6, 6.07) is 18.4. The molecule has 1 fully saturated rings. The van der Waals surface area contributed by atoms with Crippen LogP contribution in [-0.2, 0) is 4.79 Å². The fourth-order valence-corrected chi connectivity index (χ4v) is 3.49. The summed E-state index contributed by atoms with van der Waals surface area (Å²) in [7, 11) is 0. The van der Waals surface area contributed by atoms with Gasteiger partial charge >= 0.3 is 0 Å². The summed E-state index contributed by atoms with van der Waals surface area (Å²) in [6.45, 7) is 3.75. The van der Waals surface area contributed by atoms with Gasteiger partial charge in [0.2, 0.25) is 5.91 Å². The first-order valence-electron chi connectivity index (χ1n) is 8.15. The third-order valence-corrected chi connectivity index (χ3v) is 4.68. The average molecular weight is 323 g/mol. The molecule has 1 aliphatic heterocycles. The highest BCUT2D eigenvalue weighted by Crippen LogP contribution is 2.39. The summed E-state index contributed by atoms with van der Waals surface area (Å²) in [4.78, 5) is 24.4. The molecule has 1 N–H and O–H groups in total. The van der Waals surface area contributed by atoms with E-state index in [0.29, 0.717) is 0 Å². The molecule has 2 aromatic rings. The monoisotopic (exact) mass is 323 g/mol. The van der Waals surface area contributed by atoms with Crippen LogP contribution in [0.2, 0.25) is 0 Å². The van der Waals surface area contributed by atoms with Crippen molar-refractivity contribution in [2.24, 2.45) is 11.2 Å². The molecule has 5 nitrogen and oxygen atoms in total. The zero-order valence-electron chi connectivity index (χ0n) is 13.8. The van der Waals surface area contributed by atoms with Crippen molar-refractivity contribution in [3.63, 3.8) is 0 Å². The molecule has 5 heteroatoms. The van der Waals surface area contributed by atoms with Gasteiger partial charge in [-0.25, -0.2) is 5.01 Å². The van der Waals surface area contributed by atoms with Gasteiger partial charge < -0.3 is 5.32 Å². The molecule has 0 aliphatic carbocycles. The third kappa shape index (κ3) is 2.89. The van der Waals surface area contributed by atoms with Crippen LogP contribution in [0.3, 0.4) is 0 Å². The number of hydrogen-bond acceptors (Lipinski definition) is 3. The van der Waals surface area contributed by atoms with Crippen molar-refractivity contribution in [2.45, 2.75) is 32.0 Å². The minimum absolute atomic E-state index is 0.0663. The van der Waals surface area contributed by atoms with Crippen molar-refractivity contribution in [2.75, 3.05) is 0 Å². The smallest absolute Gasteiger partial charge is 0.225 e. The maximum Gasteiger partial charge on any atom is 0.225 e. The Morgan fingerprint density at radius 1 is 0.875 bits per heavy atom. The summed E-state index contributed by atoms with van der Waals surface area (Å²) in [5.74, 6) is -0.454. The molecule has 2 aromatic carbocycles. The molecule has 0 spiro atoms. The van der Waals surface area contributed by atoms with E-state index in [1.807, 2.05) is 74.5 Å². The summed E-state index contributed by atoms with van der Waals surface area (Å²) in [5.41, 5.74) is 1.87. The normalized spacial score (nSPS) is 27.2. The molecule has 1 saturated heterocycles. The second-order valence-electron chi connectivity index (χ2n) is 6.26. The molecule has 1 amide bonds. The third-order valence-electron chi connectivity index (χ3n) is 4.68. The lowest BCUT2D eigenvalue weighted by molar-refractivity contribution is -0.125. The fourth-order valence-electron chi connectivity index (χ4n) is 3.49. The molecule has 0 bridgehead atoms. The van der Waals surface area contributed by atoms with Gasteiger partial charge in [-0.3, -0.25) is 4.79 Å². The Kier molecular flexibility index (Phi) is 4.60. The van der Waals surface area contributed by atoms with E-state index in [-0.39, 0.29) is 23.9 Å². The Morgan fingerprint density at radius 3 is 1.88 bits per heavy atom. The van der Waals surface area contributed by atoms with E-state index in [1.54, 1.807) is 0 Å². The standard InChI is InChI=1S/C19H21N3O2/c1-13-17(15-9-5-3-6-10-15)22(21-24)18(14(2)20-19(13)23)16-11-7-4-8-12-16/h3-14,17-18H,1-2H3,(H,20,23)/t13-,14+,17+,18-/m1/s1. The molecule has 24 heavy (non-hydrogen) atoms. The van der Waals surface area contributed by atoms with E-state index in [2.05, 4.69) is 10.6 Å². The predicted octanol–water partition coefficient (Wildman–Crippen LogP) is 3.61. The number of nitroso groups, excluding NO2 is 1. The van der Waals surface area contributed by atoms with Crippen LogP contribution in [-0.4, -0.2) is 17.0 Å². The molecule has 0 radical (unpaired) electrons. The Hall–Kier alpha value is -2.69. The second-order valence-corrected chi connectivity index (χ2v) is 6.26. The molecule has 1 aliphatic rings. The number of hydrogen-bond donors (Lipinski definition) is 1. The number of nitrogens with one attached hydrogen (secondary N) is 1. The first kappa shape index (κ1) is 16.2. The van der Waals surface area contributed by atoms with Crippen molar-refractivity contribution < 1.29 is 4.79 Å². The highest BCUT2D eigenvalue weighted by Gasteiger charge is 2.42. The van der Waals surface area contributed by atoms with Crippen molar-refractivity contribution in [3.05, 3.63) is 76.7 Å². The Morgan fingerprint density at radius 2 is 1.38 bits per heavy atom. The van der Waals surface area contributed by atoms with Crippen LogP contribution in [0.1, 0.15) is 37.1 Å². The molecule has 0 aromatic heterocycles. The Balaban J connectivity index is 2.12. The van der Waals surface area contributed by atoms with Crippen LogP contribution in [0, 0.1) is 10.8 Å². The Labute approximate surface area is 141 Å². The number of benzene rings is 2. The number of carbonyl (C=O) groups excluding carboxylic acids is 1. The van der Waals surface area contributed by atoms with Crippen molar-refractivity contribution in [3.8, 4) is 0 Å². The lowest BCUT2D eigenvalue weighted by atomic mass is 9.92. The Bertz CT molecular complexity index is 705. The van der Waals surface area contributed by atoms with Gasteiger partial charge in [0.25, 0.3) is 0 Å². The van der Waals surface area contributed by atoms with Gasteiger partial charge in [-0.1, -0.05) is 67.6 Å². The van der Waals surface area contributed by atoms with Crippen LogP contribution in [0.25, 0.3) is 0 Å². The van der Waals surface area contributed by atoms with Crippen LogP contribution in [0.15, 0.2) is 65.9 Å². The van der Waals surface area contributed by atoms with Gasteiger partial charge in [0.15, 0.2) is 0 Å². The molecule has 4 atom stereocenters. The molecule has 1 heterocycles. The average Bonchev–Trinajstić information content (AvgIpc) is 2.71. The zero-order valence-corrected chi connectivity index (χ0v) is 13.8.